The van der Waals surface area contributed by atoms with Crippen molar-refractivity contribution in [2.45, 2.75) is 32.1 Å². The number of piperidine rings is 1. The molecule has 2 fully saturated rings. The van der Waals surface area contributed by atoms with Gasteiger partial charge in [-0.1, -0.05) is 11.6 Å². The van der Waals surface area contributed by atoms with Crippen molar-refractivity contribution in [3.05, 3.63) is 29.0 Å². The van der Waals surface area contributed by atoms with Gasteiger partial charge in [-0.3, -0.25) is 9.59 Å². The first-order chi connectivity index (χ1) is 12.5. The molecule has 0 aliphatic carbocycles. The Bertz CT molecular complexity index is 670. The van der Waals surface area contributed by atoms with Crippen LogP contribution in [0.25, 0.3) is 0 Å². The van der Waals surface area contributed by atoms with Gasteiger partial charge < -0.3 is 15.1 Å². The molecule has 1 aromatic carbocycles. The number of hydrogen-bond acceptors (Lipinski definition) is 3. The maximum absolute atomic E-state index is 13.2. The van der Waals surface area contributed by atoms with Crippen molar-refractivity contribution in [1.82, 2.24) is 9.80 Å². The number of nitrogens with one attached hydrogen (secondary N) is 1. The molecule has 2 saturated heterocycles. The Morgan fingerprint density at radius 3 is 2.88 bits per heavy atom. The zero-order valence-corrected chi connectivity index (χ0v) is 15.6. The van der Waals surface area contributed by atoms with Gasteiger partial charge in [-0.25, -0.2) is 4.39 Å². The molecule has 1 aromatic rings. The van der Waals surface area contributed by atoms with Crippen LogP contribution in [0.4, 0.5) is 10.1 Å². The van der Waals surface area contributed by atoms with Crippen LogP contribution in [0.3, 0.4) is 0 Å². The highest BCUT2D eigenvalue weighted by molar-refractivity contribution is 6.31. The molecule has 0 bridgehead atoms. The number of rotatable bonds is 6. The van der Waals surface area contributed by atoms with Crippen molar-refractivity contribution in [2.75, 3.05) is 38.0 Å². The van der Waals surface area contributed by atoms with Crippen LogP contribution >= 0.6 is 11.6 Å². The maximum Gasteiger partial charge on any atom is 0.225 e. The van der Waals surface area contributed by atoms with Gasteiger partial charge in [-0.05, 0) is 49.9 Å². The van der Waals surface area contributed by atoms with Gasteiger partial charge in [0.05, 0.1) is 5.02 Å². The van der Waals surface area contributed by atoms with Gasteiger partial charge in [0.2, 0.25) is 11.8 Å². The molecule has 0 radical (unpaired) electrons. The average Bonchev–Trinajstić information content (AvgIpc) is 3.02. The topological polar surface area (TPSA) is 52.7 Å². The Hall–Kier alpha value is -1.66. The van der Waals surface area contributed by atoms with Crippen molar-refractivity contribution in [3.8, 4) is 0 Å². The van der Waals surface area contributed by atoms with Crippen molar-refractivity contribution in [3.63, 3.8) is 0 Å². The predicted molar refractivity (Wildman–Crippen MR) is 99.6 cm³/mol. The van der Waals surface area contributed by atoms with Crippen LogP contribution in [0, 0.1) is 11.7 Å². The highest BCUT2D eigenvalue weighted by Crippen LogP contribution is 2.21. The lowest BCUT2D eigenvalue weighted by Crippen LogP contribution is -2.42. The molecule has 1 atom stereocenters. The van der Waals surface area contributed by atoms with E-state index < -0.39 is 5.82 Å². The molecule has 5 nitrogen and oxygen atoms in total. The Kier molecular flexibility index (Phi) is 6.48. The van der Waals surface area contributed by atoms with Gasteiger partial charge in [0.25, 0.3) is 0 Å². The lowest BCUT2D eigenvalue weighted by molar-refractivity contribution is -0.128. The summed E-state index contributed by atoms with van der Waals surface area (Å²) in [5, 5.41) is 2.75. The van der Waals surface area contributed by atoms with Crippen molar-refractivity contribution in [2.24, 2.45) is 5.92 Å². The quantitative estimate of drug-likeness (QED) is 0.823. The van der Waals surface area contributed by atoms with Crippen LogP contribution in [0.2, 0.25) is 5.02 Å². The van der Waals surface area contributed by atoms with E-state index in [1.165, 1.54) is 18.2 Å². The number of carbonyl (C=O) groups is 2. The molecular weight excluding hydrogens is 357 g/mol. The molecule has 1 unspecified atom stereocenters. The lowest BCUT2D eigenvalue weighted by atomic mass is 9.97. The monoisotopic (exact) mass is 381 g/mol. The van der Waals surface area contributed by atoms with E-state index in [2.05, 4.69) is 10.2 Å². The Labute approximate surface area is 158 Å². The smallest absolute Gasteiger partial charge is 0.225 e. The first kappa shape index (κ1) is 19.1. The van der Waals surface area contributed by atoms with Crippen molar-refractivity contribution >= 4 is 29.1 Å². The molecule has 0 aromatic heterocycles. The fourth-order valence-electron chi connectivity index (χ4n) is 3.77. The molecule has 1 N–H and O–H groups in total. The largest absolute Gasteiger partial charge is 0.342 e. The van der Waals surface area contributed by atoms with Crippen LogP contribution < -0.4 is 5.32 Å². The molecule has 2 amide bonds. The highest BCUT2D eigenvalue weighted by Gasteiger charge is 2.26. The van der Waals surface area contributed by atoms with Crippen LogP contribution in [0.1, 0.15) is 32.1 Å². The number of amides is 2. The van der Waals surface area contributed by atoms with E-state index in [9.17, 15) is 14.0 Å². The SMILES string of the molecule is O=C(CCN1CCCC(CN2CCCC2=O)C1)Nc1ccc(F)c(Cl)c1. The van der Waals surface area contributed by atoms with Gasteiger partial charge in [0.15, 0.2) is 0 Å². The van der Waals surface area contributed by atoms with E-state index in [4.69, 9.17) is 11.6 Å². The average molecular weight is 382 g/mol. The number of likely N-dealkylation sites (tertiary alicyclic amines) is 2. The minimum Gasteiger partial charge on any atom is -0.342 e. The summed E-state index contributed by atoms with van der Waals surface area (Å²) in [4.78, 5) is 28.2. The van der Waals surface area contributed by atoms with Gasteiger partial charge in [0, 0.05) is 44.7 Å². The fraction of sp³-hybridized carbons (Fsp3) is 0.579. The van der Waals surface area contributed by atoms with E-state index in [1.807, 2.05) is 4.90 Å². The molecule has 2 aliphatic rings. The molecule has 2 heterocycles. The molecular formula is C19H25ClFN3O2. The predicted octanol–water partition coefficient (Wildman–Crippen LogP) is 3.14. The van der Waals surface area contributed by atoms with E-state index in [0.29, 0.717) is 31.0 Å². The summed E-state index contributed by atoms with van der Waals surface area (Å²) in [5.41, 5.74) is 0.505. The van der Waals surface area contributed by atoms with E-state index in [1.54, 1.807) is 0 Å². The van der Waals surface area contributed by atoms with Crippen molar-refractivity contribution < 1.29 is 14.0 Å². The Balaban J connectivity index is 1.42. The molecule has 7 heteroatoms. The third kappa shape index (κ3) is 5.17. The Morgan fingerprint density at radius 1 is 1.31 bits per heavy atom. The highest BCUT2D eigenvalue weighted by atomic mass is 35.5. The number of halogens is 2. The van der Waals surface area contributed by atoms with Gasteiger partial charge in [-0.2, -0.15) is 0 Å². The third-order valence-electron chi connectivity index (χ3n) is 5.11. The standard InChI is InChI=1S/C19H25ClFN3O2/c20-16-11-15(5-6-17(16)21)22-18(25)7-10-23-8-1-3-14(12-23)13-24-9-2-4-19(24)26/h5-6,11,14H,1-4,7-10,12-13H2,(H,22,25). The number of anilines is 1. The van der Waals surface area contributed by atoms with Crippen LogP contribution in [0.5, 0.6) is 0 Å². The minimum atomic E-state index is -0.500. The van der Waals surface area contributed by atoms with Gasteiger partial charge in [-0.15, -0.1) is 0 Å². The molecule has 3 rings (SSSR count). The number of carbonyl (C=O) groups excluding carboxylic acids is 2. The number of nitrogens with zero attached hydrogens (tertiary/aromatic N) is 2. The van der Waals surface area contributed by atoms with E-state index in [0.717, 1.165) is 45.4 Å². The molecule has 142 valence electrons. The summed E-state index contributed by atoms with van der Waals surface area (Å²) in [6.07, 6.45) is 4.28. The van der Waals surface area contributed by atoms with Gasteiger partial charge in [0.1, 0.15) is 5.82 Å². The lowest BCUT2D eigenvalue weighted by Gasteiger charge is -2.34. The number of benzene rings is 1. The zero-order chi connectivity index (χ0) is 18.5. The van der Waals surface area contributed by atoms with Gasteiger partial charge >= 0.3 is 0 Å². The van der Waals surface area contributed by atoms with E-state index >= 15 is 0 Å². The summed E-state index contributed by atoms with van der Waals surface area (Å²) in [6, 6.07) is 4.16. The molecule has 26 heavy (non-hydrogen) atoms. The molecule has 2 aliphatic heterocycles. The summed E-state index contributed by atoms with van der Waals surface area (Å²) >= 11 is 5.73. The van der Waals surface area contributed by atoms with E-state index in [-0.39, 0.29) is 16.8 Å². The first-order valence-electron chi connectivity index (χ1n) is 9.26. The summed E-state index contributed by atoms with van der Waals surface area (Å²) in [6.45, 7) is 4.33. The van der Waals surface area contributed by atoms with Crippen molar-refractivity contribution in [1.29, 1.82) is 0 Å². The first-order valence-corrected chi connectivity index (χ1v) is 9.64. The third-order valence-corrected chi connectivity index (χ3v) is 5.40. The van der Waals surface area contributed by atoms with Crippen LogP contribution in [-0.4, -0.2) is 54.3 Å². The number of hydrogen-bond donors (Lipinski definition) is 1. The summed E-state index contributed by atoms with van der Waals surface area (Å²) < 4.78 is 13.2. The normalized spacial score (nSPS) is 21.2. The molecule has 0 saturated carbocycles. The molecule has 0 spiro atoms. The fourth-order valence-corrected chi connectivity index (χ4v) is 3.95. The summed E-state index contributed by atoms with van der Waals surface area (Å²) in [7, 11) is 0. The maximum atomic E-state index is 13.2. The Morgan fingerprint density at radius 2 is 2.15 bits per heavy atom. The minimum absolute atomic E-state index is 0.00173. The second-order valence-corrected chi connectivity index (χ2v) is 7.59. The second-order valence-electron chi connectivity index (χ2n) is 7.18. The van der Waals surface area contributed by atoms with Crippen LogP contribution in [-0.2, 0) is 9.59 Å². The zero-order valence-electron chi connectivity index (χ0n) is 14.8. The van der Waals surface area contributed by atoms with Crippen LogP contribution in [0.15, 0.2) is 18.2 Å². The summed E-state index contributed by atoms with van der Waals surface area (Å²) in [5.74, 6) is 0.161. The second kappa shape index (κ2) is 8.82.